The highest BCUT2D eigenvalue weighted by Gasteiger charge is 2.03. The van der Waals surface area contributed by atoms with Crippen LogP contribution in [0.2, 0.25) is 0 Å². The van der Waals surface area contributed by atoms with Crippen molar-refractivity contribution < 1.29 is 13.5 Å². The highest BCUT2D eigenvalue weighted by atomic mass is 19.3. The molecule has 3 N–H and O–H groups in total. The molecule has 1 aromatic carbocycles. The minimum Gasteiger partial charge on any atom is -0.435 e. The maximum Gasteiger partial charge on any atom is 0.387 e. The van der Waals surface area contributed by atoms with Crippen molar-refractivity contribution in [3.63, 3.8) is 0 Å². The molecule has 0 aliphatic heterocycles. The molecule has 5 heteroatoms. The molecule has 0 radical (unpaired) electrons. The van der Waals surface area contributed by atoms with E-state index in [1.807, 2.05) is 0 Å². The van der Waals surface area contributed by atoms with Crippen molar-refractivity contribution in [2.24, 2.45) is 5.73 Å². The van der Waals surface area contributed by atoms with Crippen molar-refractivity contribution in [3.8, 4) is 5.75 Å². The molecule has 15 heavy (non-hydrogen) atoms. The van der Waals surface area contributed by atoms with Crippen molar-refractivity contribution in [2.75, 3.05) is 13.1 Å². The molecule has 0 heterocycles. The number of hydrogen-bond donors (Lipinski definition) is 2. The molecular weight excluding hydrogens is 202 g/mol. The molecule has 84 valence electrons. The standard InChI is InChI=1S/C10H14F2N2O/c11-10(12)15-9-3-1-8(2-4-9)7-14-6-5-13/h1-4,10,14H,5-7,13H2. The lowest BCUT2D eigenvalue weighted by Gasteiger charge is -2.06. The van der Waals surface area contributed by atoms with Crippen molar-refractivity contribution in [3.05, 3.63) is 29.8 Å². The normalized spacial score (nSPS) is 10.7. The summed E-state index contributed by atoms with van der Waals surface area (Å²) in [5, 5.41) is 3.10. The lowest BCUT2D eigenvalue weighted by molar-refractivity contribution is -0.0498. The Bertz CT molecular complexity index is 277. The van der Waals surface area contributed by atoms with Crippen LogP contribution in [0, 0.1) is 0 Å². The smallest absolute Gasteiger partial charge is 0.387 e. The second kappa shape index (κ2) is 6.31. The SMILES string of the molecule is NCCNCc1ccc(OC(F)F)cc1. The third-order valence-electron chi connectivity index (χ3n) is 1.80. The Kier molecular flexibility index (Phi) is 5.00. The van der Waals surface area contributed by atoms with Gasteiger partial charge in [0.2, 0.25) is 0 Å². The summed E-state index contributed by atoms with van der Waals surface area (Å²) < 4.78 is 27.9. The van der Waals surface area contributed by atoms with Crippen LogP contribution in [-0.2, 0) is 6.54 Å². The number of nitrogens with one attached hydrogen (secondary N) is 1. The Labute approximate surface area is 87.2 Å². The number of nitrogens with two attached hydrogens (primary N) is 1. The Morgan fingerprint density at radius 2 is 1.93 bits per heavy atom. The van der Waals surface area contributed by atoms with Crippen molar-refractivity contribution in [1.82, 2.24) is 5.32 Å². The molecule has 3 nitrogen and oxygen atoms in total. The van der Waals surface area contributed by atoms with Gasteiger partial charge < -0.3 is 15.8 Å². The molecule has 0 amide bonds. The van der Waals surface area contributed by atoms with Gasteiger partial charge in [0, 0.05) is 19.6 Å². The molecule has 0 aliphatic rings. The molecule has 0 aliphatic carbocycles. The molecule has 0 atom stereocenters. The molecule has 0 saturated heterocycles. The van der Waals surface area contributed by atoms with E-state index in [4.69, 9.17) is 5.73 Å². The van der Waals surface area contributed by atoms with Crippen molar-refractivity contribution >= 4 is 0 Å². The van der Waals surface area contributed by atoms with E-state index in [9.17, 15) is 8.78 Å². The van der Waals surface area contributed by atoms with Crippen molar-refractivity contribution in [2.45, 2.75) is 13.2 Å². The van der Waals surface area contributed by atoms with E-state index in [0.29, 0.717) is 13.1 Å². The number of hydrogen-bond acceptors (Lipinski definition) is 3. The first-order chi connectivity index (χ1) is 7.22. The maximum absolute atomic E-state index is 11.8. The summed E-state index contributed by atoms with van der Waals surface area (Å²) >= 11 is 0. The summed E-state index contributed by atoms with van der Waals surface area (Å²) in [5.41, 5.74) is 6.31. The average Bonchev–Trinajstić information content (AvgIpc) is 2.20. The molecular formula is C10H14F2N2O. The third kappa shape index (κ3) is 4.71. The Morgan fingerprint density at radius 1 is 1.27 bits per heavy atom. The summed E-state index contributed by atoms with van der Waals surface area (Å²) in [6.45, 7) is -0.792. The van der Waals surface area contributed by atoms with Crippen LogP contribution >= 0.6 is 0 Å². The minimum atomic E-state index is -2.77. The molecule has 0 aromatic heterocycles. The Morgan fingerprint density at radius 3 is 2.47 bits per heavy atom. The predicted octanol–water partition coefficient (Wildman–Crippen LogP) is 1.34. The molecule has 1 rings (SSSR count). The summed E-state index contributed by atoms with van der Waals surface area (Å²) in [6.07, 6.45) is 0. The largest absolute Gasteiger partial charge is 0.435 e. The minimum absolute atomic E-state index is 0.174. The summed E-state index contributed by atoms with van der Waals surface area (Å²) in [4.78, 5) is 0. The van der Waals surface area contributed by atoms with Crippen LogP contribution in [0.4, 0.5) is 8.78 Å². The Balaban J connectivity index is 2.42. The van der Waals surface area contributed by atoms with Crippen LogP contribution in [0.3, 0.4) is 0 Å². The number of rotatable bonds is 6. The number of benzene rings is 1. The second-order valence-electron chi connectivity index (χ2n) is 2.99. The fourth-order valence-corrected chi connectivity index (χ4v) is 1.12. The van der Waals surface area contributed by atoms with Crippen LogP contribution in [0.5, 0.6) is 5.75 Å². The van der Waals surface area contributed by atoms with Gasteiger partial charge in [-0.05, 0) is 17.7 Å². The quantitative estimate of drug-likeness (QED) is 0.705. The van der Waals surface area contributed by atoms with E-state index in [2.05, 4.69) is 10.1 Å². The van der Waals surface area contributed by atoms with Gasteiger partial charge in [0.25, 0.3) is 0 Å². The zero-order valence-electron chi connectivity index (χ0n) is 8.25. The number of halogens is 2. The van der Waals surface area contributed by atoms with Crippen LogP contribution < -0.4 is 15.8 Å². The van der Waals surface area contributed by atoms with E-state index in [-0.39, 0.29) is 5.75 Å². The summed E-state index contributed by atoms with van der Waals surface area (Å²) in [6, 6.07) is 6.51. The lowest BCUT2D eigenvalue weighted by Crippen LogP contribution is -2.21. The monoisotopic (exact) mass is 216 g/mol. The fourth-order valence-electron chi connectivity index (χ4n) is 1.12. The molecule has 1 aromatic rings. The van der Waals surface area contributed by atoms with Gasteiger partial charge >= 0.3 is 6.61 Å². The molecule has 0 fully saturated rings. The van der Waals surface area contributed by atoms with Gasteiger partial charge in [0.1, 0.15) is 5.75 Å². The van der Waals surface area contributed by atoms with E-state index in [0.717, 1.165) is 12.1 Å². The summed E-state index contributed by atoms with van der Waals surface area (Å²) in [5.74, 6) is 0.174. The summed E-state index contributed by atoms with van der Waals surface area (Å²) in [7, 11) is 0. The lowest BCUT2D eigenvalue weighted by atomic mass is 10.2. The van der Waals surface area contributed by atoms with Gasteiger partial charge in [-0.3, -0.25) is 0 Å². The van der Waals surface area contributed by atoms with Crippen LogP contribution in [-0.4, -0.2) is 19.7 Å². The van der Waals surface area contributed by atoms with E-state index in [1.54, 1.807) is 12.1 Å². The van der Waals surface area contributed by atoms with E-state index in [1.165, 1.54) is 12.1 Å². The number of ether oxygens (including phenoxy) is 1. The molecule has 0 spiro atoms. The fraction of sp³-hybridized carbons (Fsp3) is 0.400. The first-order valence-electron chi connectivity index (χ1n) is 4.67. The topological polar surface area (TPSA) is 47.3 Å². The van der Waals surface area contributed by atoms with Crippen LogP contribution in [0.25, 0.3) is 0 Å². The maximum atomic E-state index is 11.8. The number of alkyl halides is 2. The van der Waals surface area contributed by atoms with Gasteiger partial charge in [-0.1, -0.05) is 12.1 Å². The average molecular weight is 216 g/mol. The zero-order valence-corrected chi connectivity index (χ0v) is 8.25. The van der Waals surface area contributed by atoms with Gasteiger partial charge in [-0.25, -0.2) is 0 Å². The van der Waals surface area contributed by atoms with Crippen LogP contribution in [0.1, 0.15) is 5.56 Å². The first kappa shape index (κ1) is 11.9. The van der Waals surface area contributed by atoms with E-state index < -0.39 is 6.61 Å². The Hall–Kier alpha value is -1.20. The highest BCUT2D eigenvalue weighted by Crippen LogP contribution is 2.14. The van der Waals surface area contributed by atoms with Gasteiger partial charge in [-0.15, -0.1) is 0 Å². The first-order valence-corrected chi connectivity index (χ1v) is 4.67. The van der Waals surface area contributed by atoms with Crippen molar-refractivity contribution in [1.29, 1.82) is 0 Å². The molecule has 0 bridgehead atoms. The zero-order chi connectivity index (χ0) is 11.1. The third-order valence-corrected chi connectivity index (χ3v) is 1.80. The van der Waals surface area contributed by atoms with Gasteiger partial charge in [0.15, 0.2) is 0 Å². The van der Waals surface area contributed by atoms with Crippen LogP contribution in [0.15, 0.2) is 24.3 Å². The highest BCUT2D eigenvalue weighted by molar-refractivity contribution is 5.27. The van der Waals surface area contributed by atoms with Gasteiger partial charge in [0.05, 0.1) is 0 Å². The molecule has 0 saturated carbocycles. The van der Waals surface area contributed by atoms with Gasteiger partial charge in [-0.2, -0.15) is 8.78 Å². The van der Waals surface area contributed by atoms with E-state index >= 15 is 0 Å². The predicted molar refractivity (Wildman–Crippen MR) is 53.8 cm³/mol. The second-order valence-corrected chi connectivity index (χ2v) is 2.99. The molecule has 0 unspecified atom stereocenters.